The van der Waals surface area contributed by atoms with Crippen LogP contribution < -0.4 is 4.74 Å². The van der Waals surface area contributed by atoms with E-state index >= 15 is 0 Å². The summed E-state index contributed by atoms with van der Waals surface area (Å²) in [5.41, 5.74) is 0.420. The molecule has 0 saturated carbocycles. The molecule has 2 rings (SSSR count). The normalized spacial score (nSPS) is 19.2. The van der Waals surface area contributed by atoms with Gasteiger partial charge in [-0.15, -0.1) is 0 Å². The highest BCUT2D eigenvalue weighted by Crippen LogP contribution is 2.24. The largest absolute Gasteiger partial charge is 0.477 e. The minimum atomic E-state index is -0.367. The minimum Gasteiger partial charge on any atom is -0.477 e. The number of aromatic nitrogens is 2. The van der Waals surface area contributed by atoms with E-state index in [1.165, 1.54) is 6.20 Å². The van der Waals surface area contributed by atoms with E-state index in [0.29, 0.717) is 30.6 Å². The van der Waals surface area contributed by atoms with E-state index < -0.39 is 0 Å². The summed E-state index contributed by atoms with van der Waals surface area (Å²) in [6.45, 7) is 5.62. The molecule has 15 heavy (non-hydrogen) atoms. The van der Waals surface area contributed by atoms with Crippen LogP contribution in [0, 0.1) is 5.92 Å². The first kappa shape index (κ1) is 10.0. The third-order valence-electron chi connectivity index (χ3n) is 2.28. The number of hydrogen-bond donors (Lipinski definition) is 0. The van der Waals surface area contributed by atoms with Gasteiger partial charge in [0.05, 0.1) is 26.0 Å². The van der Waals surface area contributed by atoms with Crippen molar-refractivity contribution in [2.24, 2.45) is 5.92 Å². The maximum Gasteiger partial charge on any atom is 0.345 e. The third kappa shape index (κ3) is 1.82. The number of hydrogen-bond acceptors (Lipinski definition) is 4. The first-order chi connectivity index (χ1) is 7.22. The van der Waals surface area contributed by atoms with Crippen LogP contribution >= 0.6 is 0 Å². The lowest BCUT2D eigenvalue weighted by atomic mass is 10.2. The second kappa shape index (κ2) is 3.92. The Bertz CT molecular complexity index is 373. The Morgan fingerprint density at radius 3 is 3.33 bits per heavy atom. The number of nitrogens with zero attached hydrogens (tertiary/aromatic N) is 2. The number of fused-ring (bicyclic) bond motifs is 1. The quantitative estimate of drug-likeness (QED) is 0.685. The van der Waals surface area contributed by atoms with E-state index in [0.717, 1.165) is 6.54 Å². The fourth-order valence-corrected chi connectivity index (χ4v) is 1.57. The summed E-state index contributed by atoms with van der Waals surface area (Å²) >= 11 is 0. The van der Waals surface area contributed by atoms with Gasteiger partial charge in [0.1, 0.15) is 5.56 Å². The zero-order valence-corrected chi connectivity index (χ0v) is 8.90. The molecule has 1 aromatic heterocycles. The van der Waals surface area contributed by atoms with Gasteiger partial charge in [-0.25, -0.2) is 9.48 Å². The molecule has 1 atom stereocenters. The van der Waals surface area contributed by atoms with E-state index in [9.17, 15) is 4.79 Å². The lowest BCUT2D eigenvalue weighted by Crippen LogP contribution is -2.24. The Kier molecular flexibility index (Phi) is 2.62. The van der Waals surface area contributed by atoms with Crippen molar-refractivity contribution < 1.29 is 14.3 Å². The molecule has 5 heteroatoms. The fraction of sp³-hybridized carbons (Fsp3) is 0.600. The second-order valence-corrected chi connectivity index (χ2v) is 3.68. The molecule has 2 heterocycles. The lowest BCUT2D eigenvalue weighted by molar-refractivity contribution is 0.0517. The molecule has 82 valence electrons. The molecule has 1 aliphatic heterocycles. The van der Waals surface area contributed by atoms with Gasteiger partial charge < -0.3 is 9.47 Å². The predicted octanol–water partition coefficient (Wildman–Crippen LogP) is 1.09. The third-order valence-corrected chi connectivity index (χ3v) is 2.28. The average Bonchev–Trinajstić information content (AvgIpc) is 2.60. The van der Waals surface area contributed by atoms with Crippen LogP contribution in [-0.4, -0.2) is 29.0 Å². The topological polar surface area (TPSA) is 53.3 Å². The van der Waals surface area contributed by atoms with Crippen molar-refractivity contribution >= 4 is 5.97 Å². The van der Waals surface area contributed by atoms with Crippen molar-refractivity contribution in [2.45, 2.75) is 20.4 Å². The molecule has 0 radical (unpaired) electrons. The zero-order chi connectivity index (χ0) is 10.8. The molecular weight excluding hydrogens is 196 g/mol. The fourth-order valence-electron chi connectivity index (χ4n) is 1.57. The molecule has 0 aromatic carbocycles. The van der Waals surface area contributed by atoms with Crippen LogP contribution in [0.3, 0.4) is 0 Å². The number of ether oxygens (including phenoxy) is 2. The van der Waals surface area contributed by atoms with E-state index in [4.69, 9.17) is 9.47 Å². The monoisotopic (exact) mass is 210 g/mol. The summed E-state index contributed by atoms with van der Waals surface area (Å²) in [6.07, 6.45) is 1.51. The Morgan fingerprint density at radius 2 is 2.60 bits per heavy atom. The van der Waals surface area contributed by atoms with E-state index in [2.05, 4.69) is 12.0 Å². The first-order valence-corrected chi connectivity index (χ1v) is 5.08. The molecule has 5 nitrogen and oxygen atoms in total. The van der Waals surface area contributed by atoms with Gasteiger partial charge in [0.2, 0.25) is 5.88 Å². The van der Waals surface area contributed by atoms with E-state index in [1.54, 1.807) is 11.6 Å². The van der Waals surface area contributed by atoms with Crippen LogP contribution in [-0.2, 0) is 11.3 Å². The van der Waals surface area contributed by atoms with Gasteiger partial charge in [0.25, 0.3) is 0 Å². The van der Waals surface area contributed by atoms with Gasteiger partial charge in [-0.2, -0.15) is 5.10 Å². The number of rotatable bonds is 2. The molecule has 0 saturated heterocycles. The minimum absolute atomic E-state index is 0.361. The smallest absolute Gasteiger partial charge is 0.345 e. The van der Waals surface area contributed by atoms with E-state index in [-0.39, 0.29) is 5.97 Å². The van der Waals surface area contributed by atoms with Crippen molar-refractivity contribution in [3.63, 3.8) is 0 Å². The predicted molar refractivity (Wildman–Crippen MR) is 52.8 cm³/mol. The maximum absolute atomic E-state index is 11.5. The summed E-state index contributed by atoms with van der Waals surface area (Å²) < 4.78 is 12.1. The number of carbonyl (C=O) groups excluding carboxylic acids is 1. The number of esters is 1. The number of carbonyl (C=O) groups is 1. The Hall–Kier alpha value is -1.52. The summed E-state index contributed by atoms with van der Waals surface area (Å²) in [5.74, 6) is 0.590. The molecule has 1 unspecified atom stereocenters. The SMILES string of the molecule is CCOC(=O)c1cnn2c1OCC(C)C2. The van der Waals surface area contributed by atoms with Gasteiger partial charge in [-0.05, 0) is 6.92 Å². The zero-order valence-electron chi connectivity index (χ0n) is 8.90. The second-order valence-electron chi connectivity index (χ2n) is 3.68. The van der Waals surface area contributed by atoms with Crippen LogP contribution in [0.25, 0.3) is 0 Å². The van der Waals surface area contributed by atoms with Crippen LogP contribution in [0.1, 0.15) is 24.2 Å². The molecule has 0 aliphatic carbocycles. The van der Waals surface area contributed by atoms with Gasteiger partial charge in [0.15, 0.2) is 0 Å². The molecular formula is C10H14N2O3. The van der Waals surface area contributed by atoms with Crippen LogP contribution in [0.5, 0.6) is 5.88 Å². The van der Waals surface area contributed by atoms with Gasteiger partial charge in [-0.1, -0.05) is 6.92 Å². The average molecular weight is 210 g/mol. The van der Waals surface area contributed by atoms with E-state index in [1.807, 2.05) is 0 Å². The Labute approximate surface area is 88.0 Å². The van der Waals surface area contributed by atoms with Crippen LogP contribution in [0.15, 0.2) is 6.20 Å². The first-order valence-electron chi connectivity index (χ1n) is 5.08. The Balaban J connectivity index is 2.24. The molecule has 1 aromatic rings. The molecule has 0 amide bonds. The van der Waals surface area contributed by atoms with Crippen molar-refractivity contribution in [2.75, 3.05) is 13.2 Å². The highest BCUT2D eigenvalue weighted by molar-refractivity contribution is 5.91. The maximum atomic E-state index is 11.5. The Morgan fingerprint density at radius 1 is 1.80 bits per heavy atom. The van der Waals surface area contributed by atoms with Crippen LogP contribution in [0.2, 0.25) is 0 Å². The van der Waals surface area contributed by atoms with Gasteiger partial charge >= 0.3 is 5.97 Å². The van der Waals surface area contributed by atoms with Gasteiger partial charge in [-0.3, -0.25) is 0 Å². The molecule has 0 fully saturated rings. The lowest BCUT2D eigenvalue weighted by Gasteiger charge is -2.21. The standard InChI is InChI=1S/C10H14N2O3/c1-3-14-10(13)8-4-11-12-5-7(2)6-15-9(8)12/h4,7H,3,5-6H2,1-2H3. The summed E-state index contributed by atoms with van der Waals surface area (Å²) in [4.78, 5) is 11.5. The molecule has 0 spiro atoms. The summed E-state index contributed by atoms with van der Waals surface area (Å²) in [5, 5.41) is 4.10. The highest BCUT2D eigenvalue weighted by Gasteiger charge is 2.24. The molecule has 1 aliphatic rings. The van der Waals surface area contributed by atoms with Crippen molar-refractivity contribution in [3.05, 3.63) is 11.8 Å². The van der Waals surface area contributed by atoms with Crippen molar-refractivity contribution in [3.8, 4) is 5.88 Å². The molecule has 0 bridgehead atoms. The molecule has 0 N–H and O–H groups in total. The summed E-state index contributed by atoms with van der Waals surface area (Å²) in [7, 11) is 0. The van der Waals surface area contributed by atoms with Gasteiger partial charge in [0, 0.05) is 5.92 Å². The summed E-state index contributed by atoms with van der Waals surface area (Å²) in [6, 6.07) is 0. The van der Waals surface area contributed by atoms with Crippen LogP contribution in [0.4, 0.5) is 0 Å². The highest BCUT2D eigenvalue weighted by atomic mass is 16.5. The van der Waals surface area contributed by atoms with Crippen molar-refractivity contribution in [1.29, 1.82) is 0 Å². The van der Waals surface area contributed by atoms with Crippen molar-refractivity contribution in [1.82, 2.24) is 9.78 Å².